The number of H-pyrrole nitrogens is 1. The molecule has 6 heteroatoms. The van der Waals surface area contributed by atoms with E-state index < -0.39 is 0 Å². The molecule has 6 nitrogen and oxygen atoms in total. The number of carbonyl (C=O) groups is 2. The zero-order chi connectivity index (χ0) is 19.1. The van der Waals surface area contributed by atoms with Gasteiger partial charge in [0.15, 0.2) is 0 Å². The lowest BCUT2D eigenvalue weighted by Crippen LogP contribution is -2.39. The Balaban J connectivity index is 1.42. The van der Waals surface area contributed by atoms with E-state index in [0.717, 1.165) is 40.7 Å². The topological polar surface area (TPSA) is 78.1 Å². The Morgan fingerprint density at radius 2 is 2.00 bits per heavy atom. The fraction of sp³-hybridized carbons (Fsp3) is 0.318. The van der Waals surface area contributed by atoms with Gasteiger partial charge in [-0.05, 0) is 17.2 Å². The fourth-order valence-electron chi connectivity index (χ4n) is 4.33. The predicted octanol–water partition coefficient (Wildman–Crippen LogP) is 2.78. The van der Waals surface area contributed by atoms with E-state index in [1.165, 1.54) is 5.39 Å². The van der Waals surface area contributed by atoms with Crippen molar-refractivity contribution in [1.29, 1.82) is 0 Å². The minimum absolute atomic E-state index is 0.0247. The van der Waals surface area contributed by atoms with Crippen molar-refractivity contribution in [3.8, 4) is 11.3 Å². The minimum atomic E-state index is -0.0247. The van der Waals surface area contributed by atoms with Crippen LogP contribution in [0, 0.1) is 0 Å². The standard InChI is InChI=1S/C22H22N4O2/c27-20-9-8-15(23-20)12-21(28)26-11-10-19-18(13-26)22(25-24-19)17-7-3-5-14-4-1-2-6-16(14)17/h1-7,15H,8-13H2,(H,23,27)(H,24,25). The second-order valence-corrected chi connectivity index (χ2v) is 7.63. The average molecular weight is 374 g/mol. The number of amides is 2. The molecule has 3 aromatic rings. The van der Waals surface area contributed by atoms with Crippen LogP contribution in [0.2, 0.25) is 0 Å². The molecule has 1 fully saturated rings. The van der Waals surface area contributed by atoms with Gasteiger partial charge in [0.25, 0.3) is 0 Å². The highest BCUT2D eigenvalue weighted by molar-refractivity contribution is 5.96. The molecule has 0 saturated carbocycles. The zero-order valence-electron chi connectivity index (χ0n) is 15.6. The number of hydrogen-bond acceptors (Lipinski definition) is 3. The molecule has 0 aliphatic carbocycles. The molecule has 2 aliphatic heterocycles. The third-order valence-corrected chi connectivity index (χ3v) is 5.84. The smallest absolute Gasteiger partial charge is 0.224 e. The Bertz CT molecular complexity index is 1070. The number of rotatable bonds is 3. The number of hydrogen-bond donors (Lipinski definition) is 2. The molecule has 2 N–H and O–H groups in total. The summed E-state index contributed by atoms with van der Waals surface area (Å²) < 4.78 is 0. The van der Waals surface area contributed by atoms with Crippen molar-refractivity contribution in [3.05, 3.63) is 53.7 Å². The highest BCUT2D eigenvalue weighted by Gasteiger charge is 2.29. The molecular formula is C22H22N4O2. The first-order chi connectivity index (χ1) is 13.7. The summed E-state index contributed by atoms with van der Waals surface area (Å²) in [7, 11) is 0. The number of nitrogens with one attached hydrogen (secondary N) is 2. The van der Waals surface area contributed by atoms with Crippen molar-refractivity contribution >= 4 is 22.6 Å². The van der Waals surface area contributed by atoms with Crippen LogP contribution in [0.25, 0.3) is 22.0 Å². The molecule has 1 unspecified atom stereocenters. The Hall–Kier alpha value is -3.15. The van der Waals surface area contributed by atoms with Gasteiger partial charge in [-0.3, -0.25) is 14.7 Å². The largest absolute Gasteiger partial charge is 0.353 e. The number of fused-ring (bicyclic) bond motifs is 2. The van der Waals surface area contributed by atoms with E-state index in [0.29, 0.717) is 25.9 Å². The van der Waals surface area contributed by atoms with Gasteiger partial charge in [-0.15, -0.1) is 0 Å². The molecule has 1 aromatic heterocycles. The summed E-state index contributed by atoms with van der Waals surface area (Å²) in [5.74, 6) is 0.148. The first-order valence-corrected chi connectivity index (χ1v) is 9.80. The molecule has 2 aliphatic rings. The minimum Gasteiger partial charge on any atom is -0.353 e. The Labute approximate surface area is 162 Å². The average Bonchev–Trinajstić information content (AvgIpc) is 3.33. The third-order valence-electron chi connectivity index (χ3n) is 5.84. The van der Waals surface area contributed by atoms with E-state index >= 15 is 0 Å². The summed E-state index contributed by atoms with van der Waals surface area (Å²) in [6.45, 7) is 1.24. The van der Waals surface area contributed by atoms with E-state index in [-0.39, 0.29) is 17.9 Å². The van der Waals surface area contributed by atoms with Gasteiger partial charge in [-0.1, -0.05) is 42.5 Å². The van der Waals surface area contributed by atoms with Crippen LogP contribution in [0.5, 0.6) is 0 Å². The van der Waals surface area contributed by atoms with E-state index in [1.807, 2.05) is 23.1 Å². The summed E-state index contributed by atoms with van der Waals surface area (Å²) in [5, 5.41) is 13.0. The van der Waals surface area contributed by atoms with Crippen LogP contribution in [-0.4, -0.2) is 39.5 Å². The lowest BCUT2D eigenvalue weighted by atomic mass is 9.96. The number of nitrogens with zero attached hydrogens (tertiary/aromatic N) is 2. The van der Waals surface area contributed by atoms with Gasteiger partial charge in [0, 0.05) is 55.2 Å². The summed E-state index contributed by atoms with van der Waals surface area (Å²) >= 11 is 0. The SMILES string of the molecule is O=C1CCC(CC(=O)N2CCc3[nH]nc(-c4cccc5ccccc45)c3C2)N1. The van der Waals surface area contributed by atoms with Gasteiger partial charge in [-0.2, -0.15) is 5.10 Å². The third kappa shape index (κ3) is 2.95. The first-order valence-electron chi connectivity index (χ1n) is 9.80. The van der Waals surface area contributed by atoms with Gasteiger partial charge < -0.3 is 10.2 Å². The van der Waals surface area contributed by atoms with Crippen LogP contribution < -0.4 is 5.32 Å². The lowest BCUT2D eigenvalue weighted by Gasteiger charge is -2.28. The number of carbonyl (C=O) groups excluding carboxylic acids is 2. The summed E-state index contributed by atoms with van der Waals surface area (Å²) in [4.78, 5) is 26.1. The van der Waals surface area contributed by atoms with Gasteiger partial charge >= 0.3 is 0 Å². The summed E-state index contributed by atoms with van der Waals surface area (Å²) in [6, 6.07) is 14.5. The molecule has 3 heterocycles. The van der Waals surface area contributed by atoms with Gasteiger partial charge in [0.1, 0.15) is 0 Å². The second-order valence-electron chi connectivity index (χ2n) is 7.63. The molecular weight excluding hydrogens is 352 g/mol. The molecule has 0 bridgehead atoms. The molecule has 0 radical (unpaired) electrons. The molecule has 2 amide bonds. The molecule has 28 heavy (non-hydrogen) atoms. The molecule has 1 atom stereocenters. The summed E-state index contributed by atoms with van der Waals surface area (Å²) in [5.41, 5.74) is 4.24. The normalized spacial score (nSPS) is 18.9. The van der Waals surface area contributed by atoms with Crippen LogP contribution in [0.4, 0.5) is 0 Å². The highest BCUT2D eigenvalue weighted by atomic mass is 16.2. The lowest BCUT2D eigenvalue weighted by molar-refractivity contribution is -0.132. The number of benzene rings is 2. The first kappa shape index (κ1) is 17.0. The zero-order valence-corrected chi connectivity index (χ0v) is 15.6. The monoisotopic (exact) mass is 374 g/mol. The molecule has 5 rings (SSSR count). The number of aromatic amines is 1. The maximum atomic E-state index is 12.8. The Morgan fingerprint density at radius 1 is 1.14 bits per heavy atom. The van der Waals surface area contributed by atoms with Gasteiger partial charge in [0.05, 0.1) is 5.69 Å². The van der Waals surface area contributed by atoms with Crippen molar-refractivity contribution < 1.29 is 9.59 Å². The van der Waals surface area contributed by atoms with Crippen LogP contribution >= 0.6 is 0 Å². The van der Waals surface area contributed by atoms with E-state index in [1.54, 1.807) is 0 Å². The quantitative estimate of drug-likeness (QED) is 0.740. The van der Waals surface area contributed by atoms with Crippen molar-refractivity contribution in [2.45, 2.75) is 38.3 Å². The molecule has 142 valence electrons. The van der Waals surface area contributed by atoms with Crippen molar-refractivity contribution in [2.24, 2.45) is 0 Å². The van der Waals surface area contributed by atoms with Crippen LogP contribution in [-0.2, 0) is 22.6 Å². The van der Waals surface area contributed by atoms with Crippen molar-refractivity contribution in [3.63, 3.8) is 0 Å². The fourth-order valence-corrected chi connectivity index (χ4v) is 4.33. The maximum Gasteiger partial charge on any atom is 0.224 e. The van der Waals surface area contributed by atoms with Crippen molar-refractivity contribution in [2.75, 3.05) is 6.54 Å². The Morgan fingerprint density at radius 3 is 2.86 bits per heavy atom. The van der Waals surface area contributed by atoms with E-state index in [4.69, 9.17) is 0 Å². The highest BCUT2D eigenvalue weighted by Crippen LogP contribution is 2.33. The van der Waals surface area contributed by atoms with Gasteiger partial charge in [0.2, 0.25) is 11.8 Å². The summed E-state index contributed by atoms with van der Waals surface area (Å²) in [6.07, 6.45) is 2.42. The van der Waals surface area contributed by atoms with Crippen LogP contribution in [0.1, 0.15) is 30.5 Å². The van der Waals surface area contributed by atoms with Crippen LogP contribution in [0.3, 0.4) is 0 Å². The maximum absolute atomic E-state index is 12.8. The number of aromatic nitrogens is 2. The molecule has 2 aromatic carbocycles. The van der Waals surface area contributed by atoms with Crippen molar-refractivity contribution in [1.82, 2.24) is 20.4 Å². The van der Waals surface area contributed by atoms with E-state index in [2.05, 4.69) is 39.8 Å². The molecule has 1 saturated heterocycles. The van der Waals surface area contributed by atoms with E-state index in [9.17, 15) is 9.59 Å². The van der Waals surface area contributed by atoms with Gasteiger partial charge in [-0.25, -0.2) is 0 Å². The van der Waals surface area contributed by atoms with Crippen LogP contribution in [0.15, 0.2) is 42.5 Å². The predicted molar refractivity (Wildman–Crippen MR) is 106 cm³/mol. The molecule has 0 spiro atoms. The second kappa shape index (κ2) is 6.78. The Kier molecular flexibility index (Phi) is 4.11.